The van der Waals surface area contributed by atoms with Gasteiger partial charge in [-0.15, -0.1) is 0 Å². The lowest BCUT2D eigenvalue weighted by Gasteiger charge is -2.16. The van der Waals surface area contributed by atoms with Crippen LogP contribution >= 0.6 is 11.6 Å². The standard InChI is InChI=1S/C8H10ClN3O4/c1-16-7(15)5(14)4(13)3-2-11-8(9)12-6(3)10/h2,4-5,13-14H,1H3,(H2,10,11,12). The van der Waals surface area contributed by atoms with Crippen LogP contribution in [0.4, 0.5) is 5.82 Å². The highest BCUT2D eigenvalue weighted by Gasteiger charge is 2.28. The highest BCUT2D eigenvalue weighted by Crippen LogP contribution is 2.22. The SMILES string of the molecule is COC(=O)C(O)C(O)c1cnc(Cl)nc1N. The van der Waals surface area contributed by atoms with E-state index < -0.39 is 18.2 Å². The molecule has 0 aliphatic rings. The fraction of sp³-hybridized carbons (Fsp3) is 0.375. The molecular weight excluding hydrogens is 238 g/mol. The third-order valence-corrected chi connectivity index (χ3v) is 2.06. The number of hydrogen-bond donors (Lipinski definition) is 3. The van der Waals surface area contributed by atoms with Crippen LogP contribution in [0.25, 0.3) is 0 Å². The van der Waals surface area contributed by atoms with Crippen molar-refractivity contribution >= 4 is 23.4 Å². The number of aliphatic hydroxyl groups excluding tert-OH is 2. The summed E-state index contributed by atoms with van der Waals surface area (Å²) < 4.78 is 4.26. The number of carbonyl (C=O) groups excluding carboxylic acids is 1. The van der Waals surface area contributed by atoms with Gasteiger partial charge in [0.15, 0.2) is 6.10 Å². The summed E-state index contributed by atoms with van der Waals surface area (Å²) in [4.78, 5) is 18.1. The second-order valence-corrected chi connectivity index (χ2v) is 3.23. The van der Waals surface area contributed by atoms with Crippen LogP contribution in [0.2, 0.25) is 5.28 Å². The van der Waals surface area contributed by atoms with Crippen LogP contribution in [0.3, 0.4) is 0 Å². The molecular formula is C8H10ClN3O4. The minimum Gasteiger partial charge on any atom is -0.467 e. The van der Waals surface area contributed by atoms with Crippen LogP contribution in [0, 0.1) is 0 Å². The number of anilines is 1. The Hall–Kier alpha value is -1.44. The number of rotatable bonds is 3. The third-order valence-electron chi connectivity index (χ3n) is 1.88. The first-order valence-electron chi connectivity index (χ1n) is 4.19. The maximum atomic E-state index is 11.0. The molecule has 4 N–H and O–H groups in total. The summed E-state index contributed by atoms with van der Waals surface area (Å²) in [6.45, 7) is 0. The van der Waals surface area contributed by atoms with Crippen molar-refractivity contribution in [3.8, 4) is 0 Å². The van der Waals surface area contributed by atoms with Crippen molar-refractivity contribution < 1.29 is 19.7 Å². The zero-order chi connectivity index (χ0) is 12.3. The van der Waals surface area contributed by atoms with Gasteiger partial charge in [-0.25, -0.2) is 14.8 Å². The molecule has 1 aromatic heterocycles. The summed E-state index contributed by atoms with van der Waals surface area (Å²) >= 11 is 5.45. The Labute approximate surface area is 95.8 Å². The number of aromatic nitrogens is 2. The smallest absolute Gasteiger partial charge is 0.337 e. The Morgan fingerprint density at radius 3 is 2.75 bits per heavy atom. The maximum Gasteiger partial charge on any atom is 0.337 e. The van der Waals surface area contributed by atoms with Crippen molar-refractivity contribution in [2.24, 2.45) is 0 Å². The van der Waals surface area contributed by atoms with Gasteiger partial charge < -0.3 is 20.7 Å². The monoisotopic (exact) mass is 247 g/mol. The van der Waals surface area contributed by atoms with Gasteiger partial charge >= 0.3 is 5.97 Å². The van der Waals surface area contributed by atoms with Crippen LogP contribution < -0.4 is 5.73 Å². The lowest BCUT2D eigenvalue weighted by molar-refractivity contribution is -0.156. The summed E-state index contributed by atoms with van der Waals surface area (Å²) in [6.07, 6.45) is -2.19. The topological polar surface area (TPSA) is 119 Å². The second-order valence-electron chi connectivity index (χ2n) is 2.89. The van der Waals surface area contributed by atoms with Gasteiger partial charge in [-0.05, 0) is 11.6 Å². The summed E-state index contributed by atoms with van der Waals surface area (Å²) in [5.74, 6) is -1.10. The lowest BCUT2D eigenvalue weighted by Crippen LogP contribution is -2.29. The fourth-order valence-corrected chi connectivity index (χ4v) is 1.17. The van der Waals surface area contributed by atoms with E-state index in [0.717, 1.165) is 13.3 Å². The van der Waals surface area contributed by atoms with Gasteiger partial charge in [0.1, 0.15) is 11.9 Å². The number of halogens is 1. The zero-order valence-electron chi connectivity index (χ0n) is 8.29. The number of carbonyl (C=O) groups is 1. The van der Waals surface area contributed by atoms with Gasteiger partial charge in [0.25, 0.3) is 0 Å². The number of methoxy groups -OCH3 is 1. The van der Waals surface area contributed by atoms with E-state index in [1.165, 1.54) is 0 Å². The molecule has 2 unspecified atom stereocenters. The van der Waals surface area contributed by atoms with E-state index in [4.69, 9.17) is 17.3 Å². The predicted octanol–water partition coefficient (Wildman–Crippen LogP) is -0.721. The number of nitrogen functional groups attached to an aromatic ring is 1. The minimum atomic E-state index is -1.75. The predicted molar refractivity (Wildman–Crippen MR) is 54.4 cm³/mol. The first kappa shape index (κ1) is 12.6. The average Bonchev–Trinajstić information content (AvgIpc) is 2.26. The highest BCUT2D eigenvalue weighted by molar-refractivity contribution is 6.28. The summed E-state index contributed by atoms with van der Waals surface area (Å²) in [6, 6.07) is 0. The number of nitrogens with zero attached hydrogens (tertiary/aromatic N) is 2. The summed E-state index contributed by atoms with van der Waals surface area (Å²) in [7, 11) is 1.08. The number of aliphatic hydroxyl groups is 2. The van der Waals surface area contributed by atoms with E-state index in [-0.39, 0.29) is 16.7 Å². The molecule has 0 saturated heterocycles. The maximum absolute atomic E-state index is 11.0. The number of nitrogens with two attached hydrogens (primary N) is 1. The van der Waals surface area contributed by atoms with E-state index in [2.05, 4.69) is 14.7 Å². The molecule has 88 valence electrons. The van der Waals surface area contributed by atoms with Gasteiger partial charge in [0.2, 0.25) is 5.28 Å². The van der Waals surface area contributed by atoms with Gasteiger partial charge in [-0.1, -0.05) is 0 Å². The highest BCUT2D eigenvalue weighted by atomic mass is 35.5. The average molecular weight is 248 g/mol. The van der Waals surface area contributed by atoms with E-state index >= 15 is 0 Å². The van der Waals surface area contributed by atoms with Crippen molar-refractivity contribution in [1.29, 1.82) is 0 Å². The zero-order valence-corrected chi connectivity index (χ0v) is 9.05. The molecule has 0 spiro atoms. The molecule has 7 nitrogen and oxygen atoms in total. The van der Waals surface area contributed by atoms with E-state index in [1.807, 2.05) is 0 Å². The van der Waals surface area contributed by atoms with Crippen LogP contribution in [0.1, 0.15) is 11.7 Å². The van der Waals surface area contributed by atoms with Crippen molar-refractivity contribution in [2.75, 3.05) is 12.8 Å². The van der Waals surface area contributed by atoms with E-state index in [1.54, 1.807) is 0 Å². The Morgan fingerprint density at radius 2 is 2.25 bits per heavy atom. The lowest BCUT2D eigenvalue weighted by atomic mass is 10.1. The summed E-state index contributed by atoms with van der Waals surface area (Å²) in [5, 5.41) is 18.9. The molecule has 1 rings (SSSR count). The van der Waals surface area contributed by atoms with Crippen LogP contribution in [0.15, 0.2) is 6.20 Å². The fourth-order valence-electron chi connectivity index (χ4n) is 1.03. The summed E-state index contributed by atoms with van der Waals surface area (Å²) in [5.41, 5.74) is 5.45. The first-order chi connectivity index (χ1) is 7.47. The quantitative estimate of drug-likeness (QED) is 0.476. The number of ether oxygens (including phenoxy) is 1. The van der Waals surface area contributed by atoms with Crippen molar-refractivity contribution in [1.82, 2.24) is 9.97 Å². The van der Waals surface area contributed by atoms with Crippen molar-refractivity contribution in [2.45, 2.75) is 12.2 Å². The van der Waals surface area contributed by atoms with Crippen LogP contribution in [0.5, 0.6) is 0 Å². The van der Waals surface area contributed by atoms with E-state index in [0.29, 0.717) is 0 Å². The van der Waals surface area contributed by atoms with Gasteiger partial charge in [-0.3, -0.25) is 0 Å². The minimum absolute atomic E-state index is 0.00213. The van der Waals surface area contributed by atoms with Crippen LogP contribution in [-0.2, 0) is 9.53 Å². The molecule has 0 bridgehead atoms. The Kier molecular flexibility index (Phi) is 3.99. The molecule has 1 aromatic rings. The number of hydrogen-bond acceptors (Lipinski definition) is 7. The molecule has 2 atom stereocenters. The largest absolute Gasteiger partial charge is 0.467 e. The molecule has 0 fully saturated rings. The molecule has 1 heterocycles. The normalized spacial score (nSPS) is 14.2. The molecule has 0 saturated carbocycles. The van der Waals surface area contributed by atoms with Crippen molar-refractivity contribution in [3.63, 3.8) is 0 Å². The van der Waals surface area contributed by atoms with Gasteiger partial charge in [0, 0.05) is 11.8 Å². The van der Waals surface area contributed by atoms with Gasteiger partial charge in [0.05, 0.1) is 7.11 Å². The molecule has 0 aliphatic heterocycles. The molecule has 16 heavy (non-hydrogen) atoms. The van der Waals surface area contributed by atoms with Crippen molar-refractivity contribution in [3.05, 3.63) is 17.0 Å². The molecule has 0 aliphatic carbocycles. The molecule has 0 aromatic carbocycles. The second kappa shape index (κ2) is 5.06. The molecule has 0 radical (unpaired) electrons. The van der Waals surface area contributed by atoms with Crippen LogP contribution in [-0.4, -0.2) is 39.4 Å². The molecule has 8 heteroatoms. The third kappa shape index (κ3) is 2.57. The Balaban J connectivity index is 2.96. The first-order valence-corrected chi connectivity index (χ1v) is 4.57. The Bertz CT molecular complexity index is 401. The molecule has 0 amide bonds. The van der Waals surface area contributed by atoms with E-state index in [9.17, 15) is 15.0 Å². The Morgan fingerprint density at radius 1 is 1.62 bits per heavy atom. The van der Waals surface area contributed by atoms with Gasteiger partial charge in [-0.2, -0.15) is 0 Å². The number of esters is 1.